The lowest BCUT2D eigenvalue weighted by Crippen LogP contribution is -2.27. The lowest BCUT2D eigenvalue weighted by molar-refractivity contribution is 0.0591. The minimum Gasteiger partial charge on any atom is -0.305 e. The summed E-state index contributed by atoms with van der Waals surface area (Å²) in [6.45, 7) is 2.09. The van der Waals surface area contributed by atoms with Crippen LogP contribution in [0.1, 0.15) is 24.8 Å². The molecule has 3 atom stereocenters. The monoisotopic (exact) mass is 299 g/mol. The predicted molar refractivity (Wildman–Crippen MR) is 69.8 cm³/mol. The molecule has 0 radical (unpaired) electrons. The van der Waals surface area contributed by atoms with Gasteiger partial charge in [0.05, 0.1) is 16.5 Å². The Balaban J connectivity index is 2.11. The molecule has 0 spiro atoms. The highest BCUT2D eigenvalue weighted by molar-refractivity contribution is 7.20. The van der Waals surface area contributed by atoms with Crippen molar-refractivity contribution in [3.63, 3.8) is 0 Å². The van der Waals surface area contributed by atoms with E-state index in [0.29, 0.717) is 31.6 Å². The Hall–Kier alpha value is 0.490. The predicted octanol–water partition coefficient (Wildman–Crippen LogP) is 4.35. The van der Waals surface area contributed by atoms with Crippen LogP contribution in [0.4, 0.5) is 0 Å². The number of hydrogen-bond acceptors (Lipinski definition) is 3. The fraction of sp³-hybridized carbons (Fsp3) is 0.600. The van der Waals surface area contributed by atoms with Gasteiger partial charge in [0, 0.05) is 11.6 Å². The molecule has 0 aliphatic heterocycles. The maximum Gasteiger partial charge on any atom is 0.113 e. The fourth-order valence-corrected chi connectivity index (χ4v) is 4.14. The Bertz CT molecular complexity index is 396. The highest BCUT2D eigenvalue weighted by Crippen LogP contribution is 2.56. The Morgan fingerprint density at radius 2 is 2.06 bits per heavy atom. The SMILES string of the molecule is CONC(C)C1CC1c1c(Cl)sc(Cl)c1Cl. The summed E-state index contributed by atoms with van der Waals surface area (Å²) in [6, 6.07) is 0.292. The van der Waals surface area contributed by atoms with Crippen LogP contribution in [-0.2, 0) is 4.84 Å². The van der Waals surface area contributed by atoms with E-state index in [1.165, 1.54) is 11.3 Å². The van der Waals surface area contributed by atoms with Crippen molar-refractivity contribution in [3.05, 3.63) is 19.3 Å². The molecule has 1 N–H and O–H groups in total. The van der Waals surface area contributed by atoms with Crippen molar-refractivity contribution in [1.29, 1.82) is 0 Å². The van der Waals surface area contributed by atoms with Crippen molar-refractivity contribution in [2.75, 3.05) is 7.11 Å². The number of nitrogens with one attached hydrogen (secondary N) is 1. The molecule has 3 unspecified atom stereocenters. The molecule has 1 aromatic rings. The highest BCUT2D eigenvalue weighted by atomic mass is 35.5. The first kappa shape index (κ1) is 12.9. The maximum atomic E-state index is 6.14. The second kappa shape index (κ2) is 5.01. The Kier molecular flexibility index (Phi) is 4.05. The molecule has 1 aromatic heterocycles. The van der Waals surface area contributed by atoms with Crippen molar-refractivity contribution in [2.45, 2.75) is 25.3 Å². The molecule has 1 aliphatic rings. The zero-order chi connectivity index (χ0) is 11.9. The molecule has 16 heavy (non-hydrogen) atoms. The van der Waals surface area contributed by atoms with Crippen LogP contribution in [0.25, 0.3) is 0 Å². The Labute approximate surface area is 114 Å². The van der Waals surface area contributed by atoms with E-state index < -0.39 is 0 Å². The molecule has 1 aliphatic carbocycles. The summed E-state index contributed by atoms with van der Waals surface area (Å²) in [6.07, 6.45) is 1.07. The van der Waals surface area contributed by atoms with Gasteiger partial charge in [-0.2, -0.15) is 5.48 Å². The van der Waals surface area contributed by atoms with E-state index in [1.807, 2.05) is 0 Å². The third-order valence-electron chi connectivity index (χ3n) is 2.96. The largest absolute Gasteiger partial charge is 0.305 e. The van der Waals surface area contributed by atoms with Crippen molar-refractivity contribution in [1.82, 2.24) is 5.48 Å². The highest BCUT2D eigenvalue weighted by Gasteiger charge is 2.45. The average molecular weight is 301 g/mol. The van der Waals surface area contributed by atoms with Crippen LogP contribution >= 0.6 is 46.1 Å². The molecule has 1 fully saturated rings. The van der Waals surface area contributed by atoms with E-state index in [2.05, 4.69) is 12.4 Å². The van der Waals surface area contributed by atoms with Crippen LogP contribution in [-0.4, -0.2) is 13.2 Å². The minimum atomic E-state index is 0.292. The summed E-state index contributed by atoms with van der Waals surface area (Å²) in [5.74, 6) is 0.919. The second-order valence-electron chi connectivity index (χ2n) is 3.99. The van der Waals surface area contributed by atoms with Gasteiger partial charge in [0.15, 0.2) is 0 Å². The zero-order valence-electron chi connectivity index (χ0n) is 8.89. The standard InChI is InChI=1S/C10H12Cl3NOS/c1-4(14-15-2)5-3-6(5)7-8(11)10(13)16-9(7)12/h4-6,14H,3H2,1-2H3. The lowest BCUT2D eigenvalue weighted by Gasteiger charge is -2.11. The van der Waals surface area contributed by atoms with Gasteiger partial charge in [-0.3, -0.25) is 0 Å². The maximum absolute atomic E-state index is 6.14. The number of hydroxylamine groups is 1. The first-order chi connectivity index (χ1) is 7.56. The van der Waals surface area contributed by atoms with Gasteiger partial charge in [-0.25, -0.2) is 0 Å². The first-order valence-corrected chi connectivity index (χ1v) is 6.93. The molecule has 0 saturated heterocycles. The van der Waals surface area contributed by atoms with Gasteiger partial charge in [-0.05, 0) is 25.2 Å². The van der Waals surface area contributed by atoms with Gasteiger partial charge < -0.3 is 4.84 Å². The van der Waals surface area contributed by atoms with Crippen LogP contribution in [0.5, 0.6) is 0 Å². The van der Waals surface area contributed by atoms with Crippen LogP contribution in [0, 0.1) is 5.92 Å². The van der Waals surface area contributed by atoms with Crippen molar-refractivity contribution < 1.29 is 4.84 Å². The molecule has 0 amide bonds. The topological polar surface area (TPSA) is 21.3 Å². The smallest absolute Gasteiger partial charge is 0.113 e. The van der Waals surface area contributed by atoms with E-state index in [4.69, 9.17) is 39.6 Å². The zero-order valence-corrected chi connectivity index (χ0v) is 12.0. The quantitative estimate of drug-likeness (QED) is 0.835. The lowest BCUT2D eigenvalue weighted by atomic mass is 10.1. The Morgan fingerprint density at radius 1 is 1.38 bits per heavy atom. The molecular weight excluding hydrogens is 289 g/mol. The van der Waals surface area contributed by atoms with E-state index in [9.17, 15) is 0 Å². The molecule has 1 saturated carbocycles. The number of rotatable bonds is 4. The van der Waals surface area contributed by atoms with Crippen molar-refractivity contribution in [2.24, 2.45) is 5.92 Å². The molecular formula is C10H12Cl3NOS. The molecule has 1 heterocycles. The summed E-state index contributed by atoms with van der Waals surface area (Å²) in [5, 5.41) is 0.619. The summed E-state index contributed by atoms with van der Waals surface area (Å²) >= 11 is 19.6. The molecule has 2 rings (SSSR count). The van der Waals surface area contributed by atoms with Gasteiger partial charge >= 0.3 is 0 Å². The molecule has 90 valence electrons. The molecule has 6 heteroatoms. The molecule has 2 nitrogen and oxygen atoms in total. The van der Waals surface area contributed by atoms with E-state index in [1.54, 1.807) is 7.11 Å². The van der Waals surface area contributed by atoms with Crippen LogP contribution in [0.15, 0.2) is 0 Å². The van der Waals surface area contributed by atoms with Gasteiger partial charge in [-0.1, -0.05) is 34.8 Å². The van der Waals surface area contributed by atoms with E-state index >= 15 is 0 Å². The molecule has 0 aromatic carbocycles. The van der Waals surface area contributed by atoms with Crippen LogP contribution in [0.3, 0.4) is 0 Å². The summed E-state index contributed by atoms with van der Waals surface area (Å²) < 4.78 is 1.30. The van der Waals surface area contributed by atoms with Crippen molar-refractivity contribution >= 4 is 46.1 Å². The summed E-state index contributed by atoms with van der Waals surface area (Å²) in [4.78, 5) is 4.92. The minimum absolute atomic E-state index is 0.292. The van der Waals surface area contributed by atoms with Crippen LogP contribution in [0.2, 0.25) is 13.7 Å². The summed E-state index contributed by atoms with van der Waals surface area (Å²) in [5.41, 5.74) is 3.94. The number of hydrogen-bond donors (Lipinski definition) is 1. The van der Waals surface area contributed by atoms with E-state index in [-0.39, 0.29) is 0 Å². The third-order valence-corrected chi connectivity index (χ3v) is 5.20. The second-order valence-corrected chi connectivity index (χ2v) is 6.60. The van der Waals surface area contributed by atoms with Gasteiger partial charge in [-0.15, -0.1) is 11.3 Å². The summed E-state index contributed by atoms with van der Waals surface area (Å²) in [7, 11) is 1.62. The van der Waals surface area contributed by atoms with Crippen molar-refractivity contribution in [3.8, 4) is 0 Å². The first-order valence-electron chi connectivity index (χ1n) is 4.98. The number of halogens is 3. The fourth-order valence-electron chi connectivity index (χ4n) is 2.05. The average Bonchev–Trinajstić information content (AvgIpc) is 2.93. The normalized spacial score (nSPS) is 25.8. The third kappa shape index (κ3) is 2.35. The van der Waals surface area contributed by atoms with E-state index in [0.717, 1.165) is 12.0 Å². The van der Waals surface area contributed by atoms with Gasteiger partial charge in [0.1, 0.15) is 4.34 Å². The Morgan fingerprint density at radius 3 is 2.56 bits per heavy atom. The molecule has 0 bridgehead atoms. The number of thiophene rings is 1. The van der Waals surface area contributed by atoms with Gasteiger partial charge in [0.2, 0.25) is 0 Å². The van der Waals surface area contributed by atoms with Crippen LogP contribution < -0.4 is 5.48 Å². The van der Waals surface area contributed by atoms with Gasteiger partial charge in [0.25, 0.3) is 0 Å².